The highest BCUT2D eigenvalue weighted by molar-refractivity contribution is 5.76. The van der Waals surface area contributed by atoms with Gasteiger partial charge in [0.1, 0.15) is 0 Å². The molecule has 92 valence electrons. The molecule has 0 radical (unpaired) electrons. The van der Waals surface area contributed by atoms with Crippen molar-refractivity contribution in [3.8, 4) is 0 Å². The van der Waals surface area contributed by atoms with Gasteiger partial charge < -0.3 is 5.32 Å². The smallest absolute Gasteiger partial charge is 0.220 e. The summed E-state index contributed by atoms with van der Waals surface area (Å²) in [5.74, 6) is 0.572. The van der Waals surface area contributed by atoms with E-state index in [1.165, 1.54) is 35.1 Å². The highest BCUT2D eigenvalue weighted by Gasteiger charge is 2.24. The van der Waals surface area contributed by atoms with E-state index in [0.717, 1.165) is 6.42 Å². The number of nitrogens with one attached hydrogen (secondary N) is 1. The van der Waals surface area contributed by atoms with Crippen LogP contribution in [0.4, 0.5) is 0 Å². The molecule has 0 aromatic heterocycles. The summed E-state index contributed by atoms with van der Waals surface area (Å²) in [6.07, 6.45) is 4.16. The van der Waals surface area contributed by atoms with Gasteiger partial charge in [-0.15, -0.1) is 0 Å². The predicted octanol–water partition coefficient (Wildman–Crippen LogP) is 2.86. The van der Waals surface area contributed by atoms with Gasteiger partial charge in [0.05, 0.1) is 0 Å². The third kappa shape index (κ3) is 2.36. The van der Waals surface area contributed by atoms with Crippen molar-refractivity contribution in [2.75, 3.05) is 7.05 Å². The van der Waals surface area contributed by atoms with Crippen molar-refractivity contribution in [1.82, 2.24) is 5.32 Å². The topological polar surface area (TPSA) is 29.1 Å². The van der Waals surface area contributed by atoms with Gasteiger partial charge in [0.15, 0.2) is 0 Å². The molecule has 1 amide bonds. The highest BCUT2D eigenvalue weighted by atomic mass is 16.1. The zero-order chi connectivity index (χ0) is 12.4. The van der Waals surface area contributed by atoms with Crippen molar-refractivity contribution in [2.24, 2.45) is 0 Å². The van der Waals surface area contributed by atoms with Crippen molar-refractivity contribution >= 4 is 5.91 Å². The van der Waals surface area contributed by atoms with Crippen LogP contribution in [0.2, 0.25) is 0 Å². The standard InChI is InChI=1S/C15H21NO/c1-10-7-8-11(2)15-12(9-14(17)16-3)5-4-6-13(10)15/h7-8,12H,4-6,9H2,1-3H3,(H,16,17). The van der Waals surface area contributed by atoms with Crippen LogP contribution in [-0.4, -0.2) is 13.0 Å². The average Bonchev–Trinajstić information content (AvgIpc) is 2.34. The maximum atomic E-state index is 11.6. The molecule has 0 heterocycles. The van der Waals surface area contributed by atoms with Crippen LogP contribution in [-0.2, 0) is 11.2 Å². The molecule has 1 aromatic rings. The minimum Gasteiger partial charge on any atom is -0.359 e. The number of carbonyl (C=O) groups excluding carboxylic acids is 1. The second kappa shape index (κ2) is 4.91. The number of benzene rings is 1. The SMILES string of the molecule is CNC(=O)CC1CCCc2c(C)ccc(C)c21. The molecule has 17 heavy (non-hydrogen) atoms. The summed E-state index contributed by atoms with van der Waals surface area (Å²) >= 11 is 0. The fourth-order valence-electron chi connectivity index (χ4n) is 2.99. The van der Waals surface area contributed by atoms with Gasteiger partial charge in [-0.3, -0.25) is 4.79 Å². The molecule has 2 heteroatoms. The van der Waals surface area contributed by atoms with Gasteiger partial charge in [-0.05, 0) is 61.3 Å². The number of hydrogen-bond donors (Lipinski definition) is 1. The van der Waals surface area contributed by atoms with Crippen molar-refractivity contribution in [3.63, 3.8) is 0 Å². The molecule has 0 fully saturated rings. The molecule has 0 bridgehead atoms. The number of fused-ring (bicyclic) bond motifs is 1. The summed E-state index contributed by atoms with van der Waals surface area (Å²) in [6, 6.07) is 4.40. The van der Waals surface area contributed by atoms with E-state index in [2.05, 4.69) is 31.3 Å². The Morgan fingerprint density at radius 2 is 2.06 bits per heavy atom. The molecule has 1 atom stereocenters. The summed E-state index contributed by atoms with van der Waals surface area (Å²) in [4.78, 5) is 11.6. The molecule has 2 rings (SSSR count). The minimum absolute atomic E-state index is 0.156. The first-order valence-corrected chi connectivity index (χ1v) is 6.43. The number of aryl methyl sites for hydroxylation is 2. The van der Waals surface area contributed by atoms with E-state index >= 15 is 0 Å². The lowest BCUT2D eigenvalue weighted by atomic mass is 9.77. The van der Waals surface area contributed by atoms with E-state index in [-0.39, 0.29) is 5.91 Å². The number of rotatable bonds is 2. The Morgan fingerprint density at radius 1 is 1.35 bits per heavy atom. The Bertz CT molecular complexity index is 437. The van der Waals surface area contributed by atoms with Crippen LogP contribution in [0.5, 0.6) is 0 Å². The van der Waals surface area contributed by atoms with Gasteiger partial charge in [0.2, 0.25) is 5.91 Å². The summed E-state index contributed by atoms with van der Waals surface area (Å²) in [6.45, 7) is 4.35. The van der Waals surface area contributed by atoms with Gasteiger partial charge >= 0.3 is 0 Å². The van der Waals surface area contributed by atoms with Gasteiger partial charge in [-0.2, -0.15) is 0 Å². The first kappa shape index (κ1) is 12.2. The van der Waals surface area contributed by atoms with E-state index in [9.17, 15) is 4.79 Å². The monoisotopic (exact) mass is 231 g/mol. The molecule has 1 unspecified atom stereocenters. The zero-order valence-electron chi connectivity index (χ0n) is 11.0. The Kier molecular flexibility index (Phi) is 3.51. The van der Waals surface area contributed by atoms with Crippen LogP contribution in [0, 0.1) is 13.8 Å². The molecular weight excluding hydrogens is 210 g/mol. The minimum atomic E-state index is 0.156. The van der Waals surface area contributed by atoms with Crippen LogP contribution >= 0.6 is 0 Å². The van der Waals surface area contributed by atoms with Gasteiger partial charge in [0, 0.05) is 13.5 Å². The zero-order valence-corrected chi connectivity index (χ0v) is 11.0. The summed E-state index contributed by atoms with van der Waals surface area (Å²) in [5.41, 5.74) is 5.66. The lowest BCUT2D eigenvalue weighted by molar-refractivity contribution is -0.121. The van der Waals surface area contributed by atoms with Crippen LogP contribution in [0.1, 0.15) is 47.4 Å². The lowest BCUT2D eigenvalue weighted by Gasteiger charge is -2.28. The van der Waals surface area contributed by atoms with Crippen LogP contribution in [0.3, 0.4) is 0 Å². The normalized spacial score (nSPS) is 18.6. The van der Waals surface area contributed by atoms with Gasteiger partial charge in [-0.25, -0.2) is 0 Å². The molecule has 2 nitrogen and oxygen atoms in total. The second-order valence-corrected chi connectivity index (χ2v) is 5.06. The highest BCUT2D eigenvalue weighted by Crippen LogP contribution is 2.37. The quantitative estimate of drug-likeness (QED) is 0.833. The van der Waals surface area contributed by atoms with Crippen molar-refractivity contribution in [1.29, 1.82) is 0 Å². The molecule has 1 aromatic carbocycles. The summed E-state index contributed by atoms with van der Waals surface area (Å²) in [7, 11) is 1.72. The van der Waals surface area contributed by atoms with E-state index in [1.54, 1.807) is 7.05 Å². The largest absolute Gasteiger partial charge is 0.359 e. The Balaban J connectivity index is 2.36. The van der Waals surface area contributed by atoms with Crippen molar-refractivity contribution < 1.29 is 4.79 Å². The summed E-state index contributed by atoms with van der Waals surface area (Å²) in [5, 5.41) is 2.74. The first-order chi connectivity index (χ1) is 8.13. The molecule has 1 aliphatic rings. The predicted molar refractivity (Wildman–Crippen MR) is 70.3 cm³/mol. The maximum absolute atomic E-state index is 11.6. The maximum Gasteiger partial charge on any atom is 0.220 e. The molecule has 0 saturated carbocycles. The van der Waals surface area contributed by atoms with E-state index in [0.29, 0.717) is 12.3 Å². The third-order valence-corrected chi connectivity index (χ3v) is 3.91. The molecule has 0 aliphatic heterocycles. The van der Waals surface area contributed by atoms with Crippen molar-refractivity contribution in [3.05, 3.63) is 34.4 Å². The second-order valence-electron chi connectivity index (χ2n) is 5.06. The fraction of sp³-hybridized carbons (Fsp3) is 0.533. The number of hydrogen-bond acceptors (Lipinski definition) is 1. The number of amides is 1. The third-order valence-electron chi connectivity index (χ3n) is 3.91. The lowest BCUT2D eigenvalue weighted by Crippen LogP contribution is -2.23. The van der Waals surface area contributed by atoms with Crippen molar-refractivity contribution in [2.45, 2.75) is 45.4 Å². The van der Waals surface area contributed by atoms with Gasteiger partial charge in [-0.1, -0.05) is 12.1 Å². The van der Waals surface area contributed by atoms with Crippen LogP contribution in [0.15, 0.2) is 12.1 Å². The molecule has 1 N–H and O–H groups in total. The van der Waals surface area contributed by atoms with E-state index in [4.69, 9.17) is 0 Å². The van der Waals surface area contributed by atoms with E-state index in [1.807, 2.05) is 0 Å². The summed E-state index contributed by atoms with van der Waals surface area (Å²) < 4.78 is 0. The van der Waals surface area contributed by atoms with Crippen LogP contribution < -0.4 is 5.32 Å². The van der Waals surface area contributed by atoms with Gasteiger partial charge in [0.25, 0.3) is 0 Å². The molecule has 1 aliphatic carbocycles. The Labute approximate surface area is 103 Å². The first-order valence-electron chi connectivity index (χ1n) is 6.43. The van der Waals surface area contributed by atoms with E-state index < -0.39 is 0 Å². The average molecular weight is 231 g/mol. The Morgan fingerprint density at radius 3 is 2.76 bits per heavy atom. The molecule has 0 spiro atoms. The Hall–Kier alpha value is -1.31. The molecular formula is C15H21NO. The van der Waals surface area contributed by atoms with Crippen LogP contribution in [0.25, 0.3) is 0 Å². The number of carbonyl (C=O) groups is 1. The molecule has 0 saturated heterocycles. The fourth-order valence-corrected chi connectivity index (χ4v) is 2.99.